The molecule has 0 radical (unpaired) electrons. The van der Waals surface area contributed by atoms with Gasteiger partial charge in [-0.15, -0.1) is 0 Å². The quantitative estimate of drug-likeness (QED) is 0.751. The highest BCUT2D eigenvalue weighted by atomic mass is 79.9. The Labute approximate surface area is 159 Å². The Morgan fingerprint density at radius 3 is 2.44 bits per heavy atom. The summed E-state index contributed by atoms with van der Waals surface area (Å²) in [7, 11) is 0. The molecule has 0 aromatic heterocycles. The van der Waals surface area contributed by atoms with Crippen molar-refractivity contribution in [1.29, 1.82) is 0 Å². The van der Waals surface area contributed by atoms with Gasteiger partial charge in [0.05, 0.1) is 16.9 Å². The molecule has 0 unspecified atom stereocenters. The van der Waals surface area contributed by atoms with Gasteiger partial charge in [-0.25, -0.2) is 0 Å². The Kier molecular flexibility index (Phi) is 4.36. The molecule has 7 heteroatoms. The number of hydrogen-bond donors (Lipinski definition) is 1. The SMILES string of the molecule is O=C(CCN1C(=O)[C@@H]2[C@H]3CC[C@@H](C3)[C@@H]2C1=O)Nc1ccc(Br)c(Cl)c1. The number of carbonyl (C=O) groups excluding carboxylic acids is 3. The third-order valence-electron chi connectivity index (χ3n) is 5.78. The molecule has 1 heterocycles. The zero-order chi connectivity index (χ0) is 17.7. The number of fused-ring (bicyclic) bond motifs is 5. The lowest BCUT2D eigenvalue weighted by atomic mass is 9.81. The largest absolute Gasteiger partial charge is 0.326 e. The van der Waals surface area contributed by atoms with Crippen LogP contribution in [0.1, 0.15) is 25.7 Å². The summed E-state index contributed by atoms with van der Waals surface area (Å²) in [5.41, 5.74) is 0.590. The van der Waals surface area contributed by atoms with E-state index < -0.39 is 0 Å². The first kappa shape index (κ1) is 17.0. The number of benzene rings is 1. The predicted molar refractivity (Wildman–Crippen MR) is 96.9 cm³/mol. The highest BCUT2D eigenvalue weighted by Gasteiger charge is 2.60. The van der Waals surface area contributed by atoms with Crippen LogP contribution in [-0.2, 0) is 14.4 Å². The summed E-state index contributed by atoms with van der Waals surface area (Å²) in [6, 6.07) is 5.14. The highest BCUT2D eigenvalue weighted by Crippen LogP contribution is 2.56. The Balaban J connectivity index is 1.36. The lowest BCUT2D eigenvalue weighted by Crippen LogP contribution is -2.35. The topological polar surface area (TPSA) is 66.5 Å². The summed E-state index contributed by atoms with van der Waals surface area (Å²) in [5.74, 6) is 0.118. The molecular weight excluding hydrogens is 408 g/mol. The van der Waals surface area contributed by atoms with Gasteiger partial charge in [0.1, 0.15) is 0 Å². The monoisotopic (exact) mass is 424 g/mol. The Morgan fingerprint density at radius 2 is 1.84 bits per heavy atom. The molecule has 132 valence electrons. The smallest absolute Gasteiger partial charge is 0.233 e. The molecule has 1 aromatic carbocycles. The van der Waals surface area contributed by atoms with E-state index in [2.05, 4.69) is 21.2 Å². The van der Waals surface area contributed by atoms with Crippen molar-refractivity contribution < 1.29 is 14.4 Å². The number of rotatable bonds is 4. The number of hydrogen-bond acceptors (Lipinski definition) is 3. The number of likely N-dealkylation sites (tertiary alicyclic amines) is 1. The van der Waals surface area contributed by atoms with Crippen molar-refractivity contribution in [3.63, 3.8) is 0 Å². The maximum Gasteiger partial charge on any atom is 0.233 e. The van der Waals surface area contributed by atoms with E-state index in [1.165, 1.54) is 4.90 Å². The normalized spacial score (nSPS) is 30.1. The van der Waals surface area contributed by atoms with Gasteiger partial charge in [-0.2, -0.15) is 0 Å². The van der Waals surface area contributed by atoms with Gasteiger partial charge in [-0.1, -0.05) is 11.6 Å². The van der Waals surface area contributed by atoms with Gasteiger partial charge in [-0.3, -0.25) is 19.3 Å². The van der Waals surface area contributed by atoms with Gasteiger partial charge in [0.25, 0.3) is 0 Å². The summed E-state index contributed by atoms with van der Waals surface area (Å²) >= 11 is 9.30. The Bertz CT molecular complexity index is 741. The molecular formula is C18H18BrClN2O3. The average molecular weight is 426 g/mol. The minimum absolute atomic E-state index is 0.0679. The van der Waals surface area contributed by atoms with Crippen LogP contribution in [0, 0.1) is 23.7 Å². The zero-order valence-corrected chi connectivity index (χ0v) is 15.8. The van der Waals surface area contributed by atoms with Crippen molar-refractivity contribution in [2.45, 2.75) is 25.7 Å². The van der Waals surface area contributed by atoms with Crippen molar-refractivity contribution in [3.05, 3.63) is 27.7 Å². The van der Waals surface area contributed by atoms with Gasteiger partial charge in [0, 0.05) is 23.1 Å². The molecule has 4 rings (SSSR count). The standard InChI is InChI=1S/C18H18BrClN2O3/c19-12-4-3-11(8-13(12)20)21-14(23)5-6-22-17(24)15-9-1-2-10(7-9)16(15)18(22)25/h3-4,8-10,15-16H,1-2,5-7H2,(H,21,23)/t9-,10-,15-,16+/m0/s1. The summed E-state index contributed by atoms with van der Waals surface area (Å²) in [6.45, 7) is 0.153. The van der Waals surface area contributed by atoms with Gasteiger partial charge in [0.15, 0.2) is 0 Å². The van der Waals surface area contributed by atoms with Crippen LogP contribution in [0.4, 0.5) is 5.69 Å². The van der Waals surface area contributed by atoms with E-state index in [0.717, 1.165) is 23.7 Å². The fourth-order valence-corrected chi connectivity index (χ4v) is 5.13. The van der Waals surface area contributed by atoms with Crippen LogP contribution in [0.15, 0.2) is 22.7 Å². The first-order valence-corrected chi connectivity index (χ1v) is 9.73. The van der Waals surface area contributed by atoms with Crippen molar-refractivity contribution in [3.8, 4) is 0 Å². The summed E-state index contributed by atoms with van der Waals surface area (Å²) in [4.78, 5) is 38.6. The third kappa shape index (κ3) is 2.89. The van der Waals surface area contributed by atoms with E-state index in [1.54, 1.807) is 18.2 Å². The maximum absolute atomic E-state index is 12.6. The minimum atomic E-state index is -0.237. The molecule has 5 nitrogen and oxygen atoms in total. The lowest BCUT2D eigenvalue weighted by Gasteiger charge is -2.19. The van der Waals surface area contributed by atoms with Crippen molar-refractivity contribution >= 4 is 50.9 Å². The van der Waals surface area contributed by atoms with Crippen LogP contribution in [-0.4, -0.2) is 29.2 Å². The molecule has 2 saturated carbocycles. The molecule has 3 aliphatic rings. The van der Waals surface area contributed by atoms with Crippen LogP contribution in [0.2, 0.25) is 5.02 Å². The molecule has 2 bridgehead atoms. The highest BCUT2D eigenvalue weighted by molar-refractivity contribution is 9.10. The van der Waals surface area contributed by atoms with Crippen LogP contribution in [0.5, 0.6) is 0 Å². The molecule has 4 atom stereocenters. The van der Waals surface area contributed by atoms with Gasteiger partial charge < -0.3 is 5.32 Å². The van der Waals surface area contributed by atoms with Crippen molar-refractivity contribution in [1.82, 2.24) is 4.90 Å². The molecule has 0 spiro atoms. The number of halogens is 2. The second-order valence-corrected chi connectivity index (χ2v) is 8.40. The van der Waals surface area contributed by atoms with Crippen LogP contribution in [0.3, 0.4) is 0 Å². The number of amides is 3. The predicted octanol–water partition coefficient (Wildman–Crippen LogP) is 3.46. The summed E-state index contributed by atoms with van der Waals surface area (Å²) in [6.07, 6.45) is 3.23. The Morgan fingerprint density at radius 1 is 1.20 bits per heavy atom. The number of nitrogens with zero attached hydrogens (tertiary/aromatic N) is 1. The van der Waals surface area contributed by atoms with E-state index in [1.807, 2.05) is 0 Å². The summed E-state index contributed by atoms with van der Waals surface area (Å²) in [5, 5.41) is 3.26. The van der Waals surface area contributed by atoms with Crippen LogP contribution >= 0.6 is 27.5 Å². The van der Waals surface area contributed by atoms with Crippen LogP contribution < -0.4 is 5.32 Å². The van der Waals surface area contributed by atoms with E-state index in [4.69, 9.17) is 11.6 Å². The molecule has 2 aliphatic carbocycles. The van der Waals surface area contributed by atoms with Gasteiger partial charge >= 0.3 is 0 Å². The van der Waals surface area contributed by atoms with Crippen molar-refractivity contribution in [2.75, 3.05) is 11.9 Å². The summed E-state index contributed by atoms with van der Waals surface area (Å²) < 4.78 is 0.751. The van der Waals surface area contributed by atoms with E-state index >= 15 is 0 Å². The van der Waals surface area contributed by atoms with Crippen LogP contribution in [0.25, 0.3) is 0 Å². The molecule has 1 aromatic rings. The third-order valence-corrected chi connectivity index (χ3v) is 7.02. The molecule has 3 amide bonds. The number of anilines is 1. The number of carbonyl (C=O) groups is 3. The first-order valence-electron chi connectivity index (χ1n) is 8.56. The molecule has 1 aliphatic heterocycles. The lowest BCUT2D eigenvalue weighted by molar-refractivity contribution is -0.140. The number of imide groups is 1. The molecule has 3 fully saturated rings. The average Bonchev–Trinajstić information content (AvgIpc) is 3.24. The molecule has 1 saturated heterocycles. The fraction of sp³-hybridized carbons (Fsp3) is 0.500. The first-order chi connectivity index (χ1) is 12.0. The second kappa shape index (κ2) is 6.40. The molecule has 1 N–H and O–H groups in total. The number of nitrogens with one attached hydrogen (secondary N) is 1. The van der Waals surface area contributed by atoms with E-state index in [0.29, 0.717) is 22.5 Å². The van der Waals surface area contributed by atoms with Gasteiger partial charge in [0.2, 0.25) is 17.7 Å². The zero-order valence-electron chi connectivity index (χ0n) is 13.5. The maximum atomic E-state index is 12.6. The molecule has 25 heavy (non-hydrogen) atoms. The van der Waals surface area contributed by atoms with E-state index in [-0.39, 0.29) is 42.5 Å². The fourth-order valence-electron chi connectivity index (χ4n) is 4.70. The van der Waals surface area contributed by atoms with E-state index in [9.17, 15) is 14.4 Å². The van der Waals surface area contributed by atoms with Gasteiger partial charge in [-0.05, 0) is 65.2 Å². The Hall–Kier alpha value is -1.40. The second-order valence-electron chi connectivity index (χ2n) is 7.14. The minimum Gasteiger partial charge on any atom is -0.326 e. The van der Waals surface area contributed by atoms with Crippen molar-refractivity contribution in [2.24, 2.45) is 23.7 Å².